The summed E-state index contributed by atoms with van der Waals surface area (Å²) in [6.07, 6.45) is 0.706. The van der Waals surface area contributed by atoms with E-state index in [4.69, 9.17) is 21.1 Å². The number of hydrogen-bond donors (Lipinski definition) is 2. The number of amides is 1. The maximum atomic E-state index is 13.3. The van der Waals surface area contributed by atoms with Crippen LogP contribution >= 0.6 is 23.4 Å². The zero-order chi connectivity index (χ0) is 22.0. The van der Waals surface area contributed by atoms with E-state index < -0.39 is 5.25 Å². The number of aromatic nitrogens is 3. The van der Waals surface area contributed by atoms with Crippen LogP contribution in [0.3, 0.4) is 0 Å². The molecule has 8 nitrogen and oxygen atoms in total. The van der Waals surface area contributed by atoms with Crippen LogP contribution in [0.15, 0.2) is 47.6 Å². The molecule has 1 aromatic heterocycles. The number of nitrogens with one attached hydrogen (secondary N) is 2. The molecule has 2 atom stereocenters. The molecule has 31 heavy (non-hydrogen) atoms. The van der Waals surface area contributed by atoms with Crippen molar-refractivity contribution < 1.29 is 14.3 Å². The number of carbonyl (C=O) groups excluding carboxylic acids is 1. The summed E-state index contributed by atoms with van der Waals surface area (Å²) in [5.41, 5.74) is 4.91. The molecule has 0 bridgehead atoms. The Morgan fingerprint density at radius 3 is 2.77 bits per heavy atom. The first-order chi connectivity index (χ1) is 15.0. The van der Waals surface area contributed by atoms with Crippen molar-refractivity contribution in [1.82, 2.24) is 14.9 Å². The quantitative estimate of drug-likeness (QED) is 0.577. The summed E-state index contributed by atoms with van der Waals surface area (Å²) in [5.74, 6) is 1.86. The van der Waals surface area contributed by atoms with Crippen LogP contribution in [0.4, 0.5) is 5.69 Å². The highest BCUT2D eigenvalue weighted by Crippen LogP contribution is 2.39. The number of methoxy groups -OCH3 is 2. The fourth-order valence-electron chi connectivity index (χ4n) is 3.37. The predicted octanol–water partition coefficient (Wildman–Crippen LogP) is 3.91. The lowest BCUT2D eigenvalue weighted by Gasteiger charge is -2.33. The van der Waals surface area contributed by atoms with Crippen LogP contribution in [-0.2, 0) is 11.2 Å². The third kappa shape index (κ3) is 4.28. The number of halogens is 1. The van der Waals surface area contributed by atoms with E-state index in [-0.39, 0.29) is 11.9 Å². The van der Waals surface area contributed by atoms with Crippen LogP contribution in [0, 0.1) is 0 Å². The van der Waals surface area contributed by atoms with Crippen molar-refractivity contribution in [2.45, 2.75) is 29.8 Å². The third-order valence-corrected chi connectivity index (χ3v) is 6.46. The van der Waals surface area contributed by atoms with Gasteiger partial charge in [-0.25, -0.2) is 4.68 Å². The van der Waals surface area contributed by atoms with E-state index in [0.29, 0.717) is 33.8 Å². The smallest absolute Gasteiger partial charge is 0.240 e. The maximum absolute atomic E-state index is 13.3. The molecule has 2 N–H and O–H groups in total. The van der Waals surface area contributed by atoms with Crippen LogP contribution in [0.2, 0.25) is 5.02 Å². The van der Waals surface area contributed by atoms with Gasteiger partial charge in [0.25, 0.3) is 0 Å². The van der Waals surface area contributed by atoms with Gasteiger partial charge in [-0.3, -0.25) is 4.79 Å². The van der Waals surface area contributed by atoms with Gasteiger partial charge in [0.15, 0.2) is 5.82 Å². The second kappa shape index (κ2) is 9.07. The topological polar surface area (TPSA) is 90.3 Å². The van der Waals surface area contributed by atoms with Crippen molar-refractivity contribution >= 4 is 35.0 Å². The lowest BCUT2D eigenvalue weighted by atomic mass is 10.0. The van der Waals surface area contributed by atoms with E-state index in [9.17, 15) is 4.79 Å². The highest BCUT2D eigenvalue weighted by Gasteiger charge is 2.38. The summed E-state index contributed by atoms with van der Waals surface area (Å²) in [7, 11) is 3.15. The predicted molar refractivity (Wildman–Crippen MR) is 121 cm³/mol. The summed E-state index contributed by atoms with van der Waals surface area (Å²) < 4.78 is 12.4. The molecule has 0 fully saturated rings. The Bertz CT molecular complexity index is 1110. The second-order valence-corrected chi connectivity index (χ2v) is 8.36. The van der Waals surface area contributed by atoms with E-state index in [2.05, 4.69) is 20.9 Å². The zero-order valence-corrected chi connectivity index (χ0v) is 18.8. The summed E-state index contributed by atoms with van der Waals surface area (Å²) in [6.45, 7) is 2.00. The molecule has 0 aliphatic carbocycles. The van der Waals surface area contributed by atoms with Gasteiger partial charge in [-0.2, -0.15) is 0 Å². The Labute approximate surface area is 189 Å². The molecule has 10 heteroatoms. The van der Waals surface area contributed by atoms with Crippen molar-refractivity contribution in [3.8, 4) is 11.5 Å². The highest BCUT2D eigenvalue weighted by atomic mass is 35.5. The average Bonchev–Trinajstić information content (AvgIpc) is 3.20. The fraction of sp³-hybridized carbons (Fsp3) is 0.286. The van der Waals surface area contributed by atoms with Gasteiger partial charge in [0.1, 0.15) is 16.7 Å². The summed E-state index contributed by atoms with van der Waals surface area (Å²) in [6, 6.07) is 12.4. The van der Waals surface area contributed by atoms with Gasteiger partial charge in [-0.15, -0.1) is 10.2 Å². The van der Waals surface area contributed by atoms with Crippen molar-refractivity contribution in [2.75, 3.05) is 25.0 Å². The lowest BCUT2D eigenvalue weighted by molar-refractivity contribution is -0.116. The first-order valence-electron chi connectivity index (χ1n) is 9.70. The van der Waals surface area contributed by atoms with E-state index in [1.807, 2.05) is 41.9 Å². The molecule has 3 aromatic rings. The third-order valence-electron chi connectivity index (χ3n) is 4.95. The molecule has 162 valence electrons. The molecular weight excluding hydrogens is 438 g/mol. The first-order valence-corrected chi connectivity index (χ1v) is 11.0. The summed E-state index contributed by atoms with van der Waals surface area (Å²) >= 11 is 7.73. The number of carbonyl (C=O) groups is 1. The molecule has 0 saturated carbocycles. The highest BCUT2D eigenvalue weighted by molar-refractivity contribution is 8.00. The number of benzene rings is 2. The monoisotopic (exact) mass is 459 g/mol. The van der Waals surface area contributed by atoms with Crippen LogP contribution in [0.1, 0.15) is 24.4 Å². The van der Waals surface area contributed by atoms with Crippen LogP contribution in [-0.4, -0.2) is 40.3 Å². The number of fused-ring (bicyclic) bond motifs is 1. The molecule has 4 rings (SSSR count). The van der Waals surface area contributed by atoms with Gasteiger partial charge in [-0.05, 0) is 29.8 Å². The maximum Gasteiger partial charge on any atom is 0.240 e. The number of anilines is 1. The largest absolute Gasteiger partial charge is 0.497 e. The van der Waals surface area contributed by atoms with Crippen molar-refractivity contribution in [2.24, 2.45) is 0 Å². The van der Waals surface area contributed by atoms with Gasteiger partial charge in [0, 0.05) is 18.2 Å². The number of nitrogens with zero attached hydrogens (tertiary/aromatic N) is 3. The Hall–Kier alpha value is -2.91. The first kappa shape index (κ1) is 21.3. The zero-order valence-electron chi connectivity index (χ0n) is 17.3. The Balaban J connectivity index is 1.68. The SMILES string of the molecule is CCc1nnc2n1NC(c1ccc(OC)c(Cl)c1)C(C(=O)Nc1cccc(OC)c1)S2. The molecule has 2 aromatic carbocycles. The van der Waals surface area contributed by atoms with E-state index in [0.717, 1.165) is 11.4 Å². The molecule has 1 aliphatic rings. The van der Waals surface area contributed by atoms with Gasteiger partial charge in [-0.1, -0.05) is 42.4 Å². The normalized spacial score (nSPS) is 17.4. The molecule has 2 heterocycles. The average molecular weight is 460 g/mol. The number of rotatable bonds is 6. The van der Waals surface area contributed by atoms with Crippen LogP contribution < -0.4 is 20.2 Å². The van der Waals surface area contributed by atoms with E-state index >= 15 is 0 Å². The Morgan fingerprint density at radius 1 is 1.23 bits per heavy atom. The molecule has 0 spiro atoms. The van der Waals surface area contributed by atoms with Crippen LogP contribution in [0.25, 0.3) is 0 Å². The van der Waals surface area contributed by atoms with E-state index in [1.165, 1.54) is 11.8 Å². The summed E-state index contributed by atoms with van der Waals surface area (Å²) in [5, 5.41) is 12.0. The molecule has 1 aliphatic heterocycles. The standard InChI is InChI=1S/C21H22ClN5O3S/c1-4-17-24-25-21-27(17)26-18(12-8-9-16(30-3)15(22)10-12)19(31-21)20(28)23-13-6-5-7-14(11-13)29-2/h5-11,18-19,26H,4H2,1-3H3,(H,23,28). The minimum Gasteiger partial charge on any atom is -0.497 e. The second-order valence-electron chi connectivity index (χ2n) is 6.85. The number of thioether (sulfide) groups is 1. The van der Waals surface area contributed by atoms with Gasteiger partial charge in [0.05, 0.1) is 25.3 Å². The Morgan fingerprint density at radius 2 is 2.06 bits per heavy atom. The number of ether oxygens (including phenoxy) is 2. The molecule has 2 unspecified atom stereocenters. The molecule has 0 radical (unpaired) electrons. The number of aryl methyl sites for hydroxylation is 1. The Kier molecular flexibility index (Phi) is 6.24. The van der Waals surface area contributed by atoms with E-state index in [1.54, 1.807) is 26.4 Å². The van der Waals surface area contributed by atoms with Crippen molar-refractivity contribution in [3.05, 3.63) is 58.9 Å². The van der Waals surface area contributed by atoms with Crippen molar-refractivity contribution in [3.63, 3.8) is 0 Å². The van der Waals surface area contributed by atoms with Gasteiger partial charge < -0.3 is 20.2 Å². The van der Waals surface area contributed by atoms with Gasteiger partial charge in [0.2, 0.25) is 11.1 Å². The molecule has 1 amide bonds. The fourth-order valence-corrected chi connectivity index (χ4v) is 4.73. The minimum absolute atomic E-state index is 0.171. The lowest BCUT2D eigenvalue weighted by Crippen LogP contribution is -2.41. The molecular formula is C21H22ClN5O3S. The van der Waals surface area contributed by atoms with Crippen LogP contribution in [0.5, 0.6) is 11.5 Å². The summed E-state index contributed by atoms with van der Waals surface area (Å²) in [4.78, 5) is 13.3. The minimum atomic E-state index is -0.517. The van der Waals surface area contributed by atoms with Crippen molar-refractivity contribution in [1.29, 1.82) is 0 Å². The molecule has 0 saturated heterocycles. The van der Waals surface area contributed by atoms with Gasteiger partial charge >= 0.3 is 0 Å². The number of hydrogen-bond acceptors (Lipinski definition) is 7.